The van der Waals surface area contributed by atoms with E-state index in [0.29, 0.717) is 3.72 Å². The molecule has 0 heterocycles. The average molecular weight is 431 g/mol. The quantitative estimate of drug-likeness (QED) is 0.531. The van der Waals surface area contributed by atoms with Crippen LogP contribution in [-0.2, 0) is 17.4 Å². The first kappa shape index (κ1) is 22.3. The Balaban J connectivity index is 1.91. The molecular weight excluding hydrogens is 390 g/mol. The van der Waals surface area contributed by atoms with Crippen molar-refractivity contribution in [1.29, 1.82) is 0 Å². The molecule has 0 saturated heterocycles. The van der Waals surface area contributed by atoms with Gasteiger partial charge in [0.05, 0.1) is 0 Å². The molecule has 0 N–H and O–H groups in total. The van der Waals surface area contributed by atoms with Crippen LogP contribution in [-0.4, -0.2) is 23.9 Å². The fraction of sp³-hybridized carbons (Fsp3) is 0.600. The fourth-order valence-corrected chi connectivity index (χ4v) is 19.0. The minimum atomic E-state index is -1.50. The predicted molar refractivity (Wildman–Crippen MR) is 124 cm³/mol. The molecule has 1 fully saturated rings. The average Bonchev–Trinajstić information content (AvgIpc) is 2.99. The van der Waals surface area contributed by atoms with Crippen molar-refractivity contribution in [3.8, 4) is 0 Å². The molecule has 0 radical (unpaired) electrons. The van der Waals surface area contributed by atoms with Crippen LogP contribution in [0.1, 0.15) is 79.1 Å². The van der Waals surface area contributed by atoms with E-state index >= 15 is 0 Å². The predicted octanol–water partition coefficient (Wildman–Crippen LogP) is 5.84. The van der Waals surface area contributed by atoms with Crippen molar-refractivity contribution in [2.24, 2.45) is 0 Å². The molecule has 3 heteroatoms. The van der Waals surface area contributed by atoms with E-state index in [0.717, 1.165) is 6.04 Å². The zero-order valence-corrected chi connectivity index (χ0v) is 21.8. The molecule has 1 atom stereocenters. The Morgan fingerprint density at radius 3 is 2.04 bits per heavy atom. The van der Waals surface area contributed by atoms with Crippen LogP contribution in [0.3, 0.4) is 0 Å². The van der Waals surface area contributed by atoms with Gasteiger partial charge in [-0.3, -0.25) is 0 Å². The van der Waals surface area contributed by atoms with Crippen LogP contribution < -0.4 is 5.19 Å². The molecule has 0 bridgehead atoms. The number of hydrogen-bond donors (Lipinski definition) is 0. The second kappa shape index (κ2) is 10.1. The number of benzene rings is 1. The van der Waals surface area contributed by atoms with Crippen molar-refractivity contribution < 1.29 is 17.4 Å². The van der Waals surface area contributed by atoms with E-state index in [2.05, 4.69) is 74.5 Å². The van der Waals surface area contributed by atoms with Gasteiger partial charge < -0.3 is 0 Å². The molecule has 1 unspecified atom stereocenters. The van der Waals surface area contributed by atoms with E-state index in [-0.39, 0.29) is 7.39 Å². The van der Waals surface area contributed by atoms with E-state index in [1.807, 2.05) is 0 Å². The van der Waals surface area contributed by atoms with Crippen molar-refractivity contribution in [2.75, 3.05) is 7.05 Å². The summed E-state index contributed by atoms with van der Waals surface area (Å²) in [6, 6.07) is 12.3. The SMILES string of the molecule is CC1=C[C](C)([Ti]([SiH2]c2ccccc2)[N](C)C2CCCCCCCC2)C(C)=C1C. The molecule has 1 saturated carbocycles. The van der Waals surface area contributed by atoms with Crippen LogP contribution in [0.2, 0.25) is 3.72 Å². The second-order valence-electron chi connectivity index (χ2n) is 9.35. The van der Waals surface area contributed by atoms with Gasteiger partial charge in [-0.05, 0) is 0 Å². The third-order valence-electron chi connectivity index (χ3n) is 7.55. The molecule has 1 aromatic carbocycles. The van der Waals surface area contributed by atoms with E-state index in [1.54, 1.807) is 16.3 Å². The topological polar surface area (TPSA) is 3.24 Å². The van der Waals surface area contributed by atoms with Gasteiger partial charge in [-0.15, -0.1) is 0 Å². The van der Waals surface area contributed by atoms with E-state index in [9.17, 15) is 0 Å². The van der Waals surface area contributed by atoms with Crippen LogP contribution in [0.25, 0.3) is 0 Å². The molecule has 3 rings (SSSR count). The molecule has 0 spiro atoms. The summed E-state index contributed by atoms with van der Waals surface area (Å²) in [4.78, 5) is 0. The first-order valence-electron chi connectivity index (χ1n) is 11.4. The summed E-state index contributed by atoms with van der Waals surface area (Å²) in [5, 5.41) is 1.68. The normalized spacial score (nSPS) is 25.1. The summed E-state index contributed by atoms with van der Waals surface area (Å²) in [6.45, 7) is 9.72. The monoisotopic (exact) mass is 430 g/mol. The van der Waals surface area contributed by atoms with Gasteiger partial charge in [-0.1, -0.05) is 0 Å². The summed E-state index contributed by atoms with van der Waals surface area (Å²) in [5.41, 5.74) is 4.78. The maximum atomic E-state index is 3.01. The third kappa shape index (κ3) is 5.01. The maximum absolute atomic E-state index is 3.01. The van der Waals surface area contributed by atoms with Crippen LogP contribution in [0.15, 0.2) is 53.1 Å². The van der Waals surface area contributed by atoms with Crippen molar-refractivity contribution in [3.05, 3.63) is 53.1 Å². The molecule has 2 aliphatic carbocycles. The van der Waals surface area contributed by atoms with Gasteiger partial charge in [0.1, 0.15) is 0 Å². The Morgan fingerprint density at radius 1 is 0.929 bits per heavy atom. The molecule has 1 aromatic rings. The molecule has 0 aromatic heterocycles. The number of hydrogen-bond acceptors (Lipinski definition) is 1. The Labute approximate surface area is 181 Å². The molecule has 28 heavy (non-hydrogen) atoms. The number of rotatable bonds is 5. The van der Waals surface area contributed by atoms with Gasteiger partial charge in [0.2, 0.25) is 0 Å². The third-order valence-corrected chi connectivity index (χ3v) is 21.9. The number of nitrogens with zero attached hydrogens (tertiary/aromatic N) is 1. The fourth-order valence-electron chi connectivity index (χ4n) is 5.32. The van der Waals surface area contributed by atoms with Gasteiger partial charge in [0, 0.05) is 0 Å². The molecule has 0 aliphatic heterocycles. The summed E-state index contributed by atoms with van der Waals surface area (Å²) in [7, 11) is 2.26. The van der Waals surface area contributed by atoms with Crippen molar-refractivity contribution in [3.63, 3.8) is 0 Å². The second-order valence-corrected chi connectivity index (χ2v) is 19.1. The first-order valence-corrected chi connectivity index (χ1v) is 17.6. The Bertz CT molecular complexity index is 701. The minimum absolute atomic E-state index is 0.268. The summed E-state index contributed by atoms with van der Waals surface area (Å²) in [5.74, 6) is 0. The van der Waals surface area contributed by atoms with Crippen LogP contribution in [0.5, 0.6) is 0 Å². The molecular formula is C25H40NSiTi. The summed E-state index contributed by atoms with van der Waals surface area (Å²) < 4.78 is 3.36. The van der Waals surface area contributed by atoms with Crippen molar-refractivity contribution >= 4 is 12.6 Å². The standard InChI is InChI=1S/C10H20N.C9H13.C6H7Si.Ti/c1-11-10-8-6-4-2-3-5-7-9-10;1-6-5-7(2)9(4)8(6)3;7-6-4-2-1-3-5-6;/h10H,2-9H2,1H3;5H,1-4H3;1-5H,7H2;/q-1;;;+1. The Morgan fingerprint density at radius 2 is 1.50 bits per heavy atom. The van der Waals surface area contributed by atoms with Gasteiger partial charge in [-0.2, -0.15) is 0 Å². The molecule has 1 nitrogen and oxygen atoms in total. The van der Waals surface area contributed by atoms with Gasteiger partial charge in [-0.25, -0.2) is 0 Å². The zero-order chi connectivity index (χ0) is 20.1. The van der Waals surface area contributed by atoms with E-state index in [4.69, 9.17) is 0 Å². The Hall–Kier alpha value is -0.409. The van der Waals surface area contributed by atoms with Gasteiger partial charge in [0.25, 0.3) is 0 Å². The van der Waals surface area contributed by atoms with Crippen molar-refractivity contribution in [1.82, 2.24) is 3.38 Å². The van der Waals surface area contributed by atoms with Gasteiger partial charge >= 0.3 is 182 Å². The van der Waals surface area contributed by atoms with Gasteiger partial charge in [0.15, 0.2) is 0 Å². The van der Waals surface area contributed by atoms with Crippen molar-refractivity contribution in [2.45, 2.75) is 88.8 Å². The van der Waals surface area contributed by atoms with E-state index in [1.165, 1.54) is 56.9 Å². The van der Waals surface area contributed by atoms with E-state index < -0.39 is 17.4 Å². The first-order chi connectivity index (χ1) is 13.4. The summed E-state index contributed by atoms with van der Waals surface area (Å²) in [6.07, 6.45) is 14.2. The molecule has 0 amide bonds. The van der Waals surface area contributed by atoms with Crippen LogP contribution in [0.4, 0.5) is 0 Å². The molecule has 2 aliphatic rings. The zero-order valence-electron chi connectivity index (χ0n) is 18.9. The van der Waals surface area contributed by atoms with Crippen LogP contribution in [0, 0.1) is 0 Å². The molecule has 153 valence electrons. The summed E-state index contributed by atoms with van der Waals surface area (Å²) >= 11 is -1.50. The number of allylic oxidation sites excluding steroid dienone is 4. The van der Waals surface area contributed by atoms with Crippen LogP contribution >= 0.6 is 0 Å². The Kier molecular flexibility index (Phi) is 8.01.